The summed E-state index contributed by atoms with van der Waals surface area (Å²) in [5.41, 5.74) is 19.1. The average Bonchev–Trinajstić information content (AvgIpc) is 1.57. The van der Waals surface area contributed by atoms with Crippen molar-refractivity contribution in [2.75, 3.05) is 17.7 Å². The number of fused-ring (bicyclic) bond motifs is 2. The molecule has 10 rings (SSSR count). The lowest BCUT2D eigenvalue weighted by Gasteiger charge is -2.32. The maximum Gasteiger partial charge on any atom is 0.416 e. The number of carbonyl (C=O) groups excluding carboxylic acids is 2. The number of hydrogen-bond donors (Lipinski definition) is 4. The Hall–Kier alpha value is -8.37. The summed E-state index contributed by atoms with van der Waals surface area (Å²) in [6, 6.07) is 21.2. The highest BCUT2D eigenvalue weighted by atomic mass is 35.5. The maximum absolute atomic E-state index is 15.9. The third-order valence-electron chi connectivity index (χ3n) is 16.6. The van der Waals surface area contributed by atoms with E-state index >= 15 is 13.2 Å². The van der Waals surface area contributed by atoms with E-state index in [2.05, 4.69) is 43.2 Å². The molecule has 90 heavy (non-hydrogen) atoms. The number of alkyl halides is 6. The van der Waals surface area contributed by atoms with Crippen molar-refractivity contribution in [1.82, 2.24) is 24.5 Å². The van der Waals surface area contributed by atoms with Gasteiger partial charge in [0.1, 0.15) is 29.0 Å². The number of aryl methyl sites for hydroxylation is 6. The number of hydrogen-bond acceptors (Lipinski definition) is 6. The molecule has 0 saturated heterocycles. The molecular formula is C67H72ClF10N9O3. The quantitative estimate of drug-likeness (QED) is 0.0842. The molecule has 2 aliphatic rings. The molecule has 6 aromatic carbocycles. The van der Waals surface area contributed by atoms with Gasteiger partial charge in [0.15, 0.2) is 0 Å². The van der Waals surface area contributed by atoms with Gasteiger partial charge in [0.05, 0.1) is 69.3 Å². The zero-order chi connectivity index (χ0) is 65.4. The van der Waals surface area contributed by atoms with E-state index in [-0.39, 0.29) is 46.9 Å². The van der Waals surface area contributed by atoms with Crippen molar-refractivity contribution in [1.29, 1.82) is 0 Å². The Morgan fingerprint density at radius 3 is 1.40 bits per heavy atom. The van der Waals surface area contributed by atoms with Crippen LogP contribution in [0, 0.1) is 37.1 Å². The first-order chi connectivity index (χ1) is 41.8. The van der Waals surface area contributed by atoms with Crippen LogP contribution in [0.2, 0.25) is 0 Å². The molecule has 4 amide bonds. The summed E-state index contributed by atoms with van der Waals surface area (Å²) in [4.78, 5) is 24.6. The van der Waals surface area contributed by atoms with Crippen LogP contribution in [0.25, 0.3) is 33.9 Å². The van der Waals surface area contributed by atoms with Crippen LogP contribution in [-0.2, 0) is 68.5 Å². The lowest BCUT2D eigenvalue weighted by Crippen LogP contribution is -2.36. The Bertz CT molecular complexity index is 3960. The minimum absolute atomic E-state index is 0. The first-order valence-electron chi connectivity index (χ1n) is 29.0. The van der Waals surface area contributed by atoms with E-state index in [9.17, 15) is 40.3 Å². The second-order valence-corrected chi connectivity index (χ2v) is 23.2. The van der Waals surface area contributed by atoms with Crippen molar-refractivity contribution >= 4 is 35.8 Å². The van der Waals surface area contributed by atoms with Crippen molar-refractivity contribution in [3.8, 4) is 39.6 Å². The number of rotatable bonds is 13. The lowest BCUT2D eigenvalue weighted by molar-refractivity contribution is -0.138. The Morgan fingerprint density at radius 1 is 0.578 bits per heavy atom. The molecule has 23 heteroatoms. The zero-order valence-electron chi connectivity index (χ0n) is 51.7. The monoisotopic (exact) mass is 1280 g/mol. The van der Waals surface area contributed by atoms with Gasteiger partial charge in [-0.3, -0.25) is 4.90 Å². The summed E-state index contributed by atoms with van der Waals surface area (Å²) < 4.78 is 146. The molecule has 1 aliphatic heterocycles. The van der Waals surface area contributed by atoms with Gasteiger partial charge in [-0.15, -0.1) is 12.4 Å². The highest BCUT2D eigenvalue weighted by molar-refractivity contribution is 5.89. The minimum Gasteiger partial charge on any atom is -0.496 e. The number of ether oxygens (including phenoxy) is 1. The Morgan fingerprint density at radius 2 is 1.00 bits per heavy atom. The van der Waals surface area contributed by atoms with E-state index in [1.165, 1.54) is 19.2 Å². The number of carbonyl (C=O) groups is 2. The van der Waals surface area contributed by atoms with Gasteiger partial charge < -0.3 is 26.8 Å². The molecule has 480 valence electrons. The molecule has 6 N–H and O–H groups in total. The van der Waals surface area contributed by atoms with E-state index < -0.39 is 64.3 Å². The van der Waals surface area contributed by atoms with Crippen LogP contribution in [0.1, 0.15) is 134 Å². The zero-order valence-corrected chi connectivity index (χ0v) is 52.5. The molecule has 8 aromatic rings. The number of urea groups is 2. The molecule has 3 heterocycles. The molecule has 1 aliphatic carbocycles. The Balaban J connectivity index is 0.000000218. The molecule has 0 radical (unpaired) electrons. The molecule has 12 nitrogen and oxygen atoms in total. The standard InChI is InChI=1S/C33H34F5N5O.C25H28F2N4O.C9H9F3O.ClH/c1-6-19-9-8-10-20(7-2)28(19)43-29(23-14-26(35)27(15-25(23)34)40-31(39)44)24-17-42(32(4,5)30(24)41-43)16-21-11-12-22(13-18(21)3)33(36,37)38;1-5-14-8-7-9-15(6-2)21(14)31-22(16-10-11-25(3,4)23(16)30-31)17-12-19(27)20(13-18(17)26)29-24(28)32;1-6-5-7(9(10,11)12)3-4-8(6)13-2;/h8-15H,6-7,16-17H2,1-5H3,(H3,39,40,44);7-9,12-13H,5-6,10-11H2,1-4H3,(H3,28,29,32);3-5H,1-2H3;1H. The number of halogens is 11. The molecule has 0 fully saturated rings. The van der Waals surface area contributed by atoms with Crippen LogP contribution >= 0.6 is 12.4 Å². The summed E-state index contributed by atoms with van der Waals surface area (Å²) >= 11 is 0. The number of amides is 4. The molecular weight excluding hydrogens is 1200 g/mol. The molecule has 0 spiro atoms. The van der Waals surface area contributed by atoms with Gasteiger partial charge in [0, 0.05) is 52.9 Å². The van der Waals surface area contributed by atoms with Crippen LogP contribution in [-0.4, -0.2) is 43.6 Å². The number of aromatic nitrogens is 4. The topological polar surface area (TPSA) is 158 Å². The van der Waals surface area contributed by atoms with Gasteiger partial charge in [0.2, 0.25) is 0 Å². The van der Waals surface area contributed by atoms with Crippen LogP contribution in [0.15, 0.2) is 97.1 Å². The number of nitrogens with zero attached hydrogens (tertiary/aromatic N) is 5. The van der Waals surface area contributed by atoms with Crippen molar-refractivity contribution in [3.05, 3.63) is 193 Å². The van der Waals surface area contributed by atoms with E-state index in [4.69, 9.17) is 26.4 Å². The minimum atomic E-state index is -4.45. The first kappa shape index (κ1) is 69.1. The fourth-order valence-corrected chi connectivity index (χ4v) is 11.7. The molecule has 0 bridgehead atoms. The number of primary amides is 2. The largest absolute Gasteiger partial charge is 0.496 e. The van der Waals surface area contributed by atoms with Crippen molar-refractivity contribution in [2.45, 2.75) is 144 Å². The number of anilines is 2. The third-order valence-corrected chi connectivity index (χ3v) is 16.6. The molecule has 0 unspecified atom stereocenters. The highest BCUT2D eigenvalue weighted by Crippen LogP contribution is 2.48. The Labute approximate surface area is 522 Å². The number of nitrogens with two attached hydrogens (primary N) is 2. The average molecular weight is 1280 g/mol. The van der Waals surface area contributed by atoms with Crippen molar-refractivity contribution in [2.24, 2.45) is 11.5 Å². The van der Waals surface area contributed by atoms with Crippen LogP contribution in [0.3, 0.4) is 0 Å². The van der Waals surface area contributed by atoms with E-state index in [0.29, 0.717) is 64.5 Å². The fraction of sp³-hybridized carbons (Fsp3) is 0.343. The number of para-hydroxylation sites is 2. The normalized spacial score (nSPS) is 13.9. The van der Waals surface area contributed by atoms with Gasteiger partial charge in [-0.25, -0.2) is 36.5 Å². The Kier molecular flexibility index (Phi) is 20.7. The SMILES string of the molecule is CCc1cccc(CC)c1-n1nc2c(c1-c1cc(F)c(NC(N)=O)cc1F)CCC2(C)C.CCc1cccc(CC)c1-n1nc2c(c1-c1cc(F)c(NC(N)=O)cc1F)CN(Cc1ccc(C(F)(F)F)cc1C)C2(C)C.COc1ccc(C(F)(F)F)cc1C.Cl. The number of benzene rings is 6. The smallest absolute Gasteiger partial charge is 0.416 e. The van der Waals surface area contributed by atoms with Gasteiger partial charge in [-0.05, 0) is 148 Å². The van der Waals surface area contributed by atoms with E-state index in [1.54, 1.807) is 18.5 Å². The number of nitrogens with one attached hydrogen (secondary N) is 2. The van der Waals surface area contributed by atoms with Crippen LogP contribution in [0.5, 0.6) is 5.75 Å². The van der Waals surface area contributed by atoms with Crippen molar-refractivity contribution in [3.63, 3.8) is 0 Å². The van der Waals surface area contributed by atoms with Crippen LogP contribution in [0.4, 0.5) is 64.9 Å². The van der Waals surface area contributed by atoms with Gasteiger partial charge >= 0.3 is 24.4 Å². The van der Waals surface area contributed by atoms with E-state index in [1.807, 2.05) is 68.8 Å². The summed E-state index contributed by atoms with van der Waals surface area (Å²) in [6.07, 6.45) is -4.18. The van der Waals surface area contributed by atoms with E-state index in [0.717, 1.165) is 119 Å². The predicted octanol–water partition coefficient (Wildman–Crippen LogP) is 17.1. The predicted molar refractivity (Wildman–Crippen MR) is 332 cm³/mol. The second-order valence-electron chi connectivity index (χ2n) is 23.2. The van der Waals surface area contributed by atoms with Gasteiger partial charge in [0.25, 0.3) is 0 Å². The van der Waals surface area contributed by atoms with Gasteiger partial charge in [-0.1, -0.05) is 84.0 Å². The summed E-state index contributed by atoms with van der Waals surface area (Å²) in [5.74, 6) is -2.57. The maximum atomic E-state index is 15.9. The molecule has 0 saturated carbocycles. The summed E-state index contributed by atoms with van der Waals surface area (Å²) in [6.45, 7) is 20.2. The van der Waals surface area contributed by atoms with Crippen LogP contribution < -0.4 is 26.8 Å². The van der Waals surface area contributed by atoms with Crippen molar-refractivity contribution < 1.29 is 58.2 Å². The van der Waals surface area contributed by atoms with Gasteiger partial charge in [-0.2, -0.15) is 36.5 Å². The third kappa shape index (κ3) is 14.0. The summed E-state index contributed by atoms with van der Waals surface area (Å²) in [7, 11) is 1.43. The molecule has 2 aromatic heterocycles. The fourth-order valence-electron chi connectivity index (χ4n) is 11.7. The highest BCUT2D eigenvalue weighted by Gasteiger charge is 2.44. The summed E-state index contributed by atoms with van der Waals surface area (Å²) in [5, 5.41) is 14.3. The lowest BCUT2D eigenvalue weighted by atomic mass is 9.91. The first-order valence-corrected chi connectivity index (χ1v) is 29.0. The number of methoxy groups -OCH3 is 1. The second kappa shape index (κ2) is 27.0. The molecule has 0 atom stereocenters.